The minimum absolute atomic E-state index is 0.104. The van der Waals surface area contributed by atoms with E-state index in [4.69, 9.17) is 9.47 Å². The first-order chi connectivity index (χ1) is 12.6. The molecule has 0 aliphatic heterocycles. The Labute approximate surface area is 152 Å². The van der Waals surface area contributed by atoms with E-state index in [1.165, 1.54) is 48.5 Å². The number of esters is 2. The molecule has 2 rings (SSSR count). The van der Waals surface area contributed by atoms with Gasteiger partial charge in [0.05, 0.1) is 24.3 Å². The van der Waals surface area contributed by atoms with E-state index in [-0.39, 0.29) is 11.5 Å². The van der Waals surface area contributed by atoms with Crippen LogP contribution >= 0.6 is 0 Å². The summed E-state index contributed by atoms with van der Waals surface area (Å²) in [6.45, 7) is 0.653. The van der Waals surface area contributed by atoms with E-state index < -0.39 is 11.9 Å². The molecule has 0 bridgehead atoms. The number of unbranched alkanes of at least 4 members (excludes halogenated alkanes) is 3. The fraction of sp³-hybridized carbons (Fsp3) is 0.300. The molecule has 0 unspecified atom stereocenters. The second kappa shape index (κ2) is 10.1. The number of aromatic hydroxyl groups is 2. The summed E-state index contributed by atoms with van der Waals surface area (Å²) in [5.74, 6) is -0.610. The smallest absolute Gasteiger partial charge is 0.338 e. The van der Waals surface area contributed by atoms with E-state index in [0.29, 0.717) is 24.3 Å². The van der Waals surface area contributed by atoms with E-state index in [2.05, 4.69) is 0 Å². The second-order valence-corrected chi connectivity index (χ2v) is 5.78. The van der Waals surface area contributed by atoms with Gasteiger partial charge in [-0.3, -0.25) is 0 Å². The van der Waals surface area contributed by atoms with Crippen molar-refractivity contribution < 1.29 is 29.3 Å². The van der Waals surface area contributed by atoms with E-state index in [1.807, 2.05) is 0 Å². The molecule has 2 N–H and O–H groups in total. The quantitative estimate of drug-likeness (QED) is 0.525. The average molecular weight is 358 g/mol. The van der Waals surface area contributed by atoms with Crippen LogP contribution in [0.5, 0.6) is 11.5 Å². The molecule has 0 fully saturated rings. The SMILES string of the molecule is O=C(OCCCCCCOC(=O)c1ccc(O)cc1)c1ccc(O)cc1. The highest BCUT2D eigenvalue weighted by Gasteiger charge is 2.07. The van der Waals surface area contributed by atoms with Crippen LogP contribution in [0.25, 0.3) is 0 Å². The lowest BCUT2D eigenvalue weighted by atomic mass is 10.2. The summed E-state index contributed by atoms with van der Waals surface area (Å²) in [6, 6.07) is 11.8. The van der Waals surface area contributed by atoms with Gasteiger partial charge in [0, 0.05) is 0 Å². The molecule has 0 spiro atoms. The number of hydrogen-bond acceptors (Lipinski definition) is 6. The minimum atomic E-state index is -0.409. The Hall–Kier alpha value is -3.02. The van der Waals surface area contributed by atoms with Crippen LogP contribution in [0.3, 0.4) is 0 Å². The van der Waals surface area contributed by atoms with E-state index in [1.54, 1.807) is 0 Å². The molecule has 0 aliphatic carbocycles. The molecule has 0 saturated carbocycles. The first-order valence-electron chi connectivity index (χ1n) is 8.48. The van der Waals surface area contributed by atoms with Crippen molar-refractivity contribution in [1.82, 2.24) is 0 Å². The van der Waals surface area contributed by atoms with Crippen molar-refractivity contribution in [2.45, 2.75) is 25.7 Å². The van der Waals surface area contributed by atoms with Crippen LogP contribution < -0.4 is 0 Å². The van der Waals surface area contributed by atoms with E-state index in [9.17, 15) is 19.8 Å². The van der Waals surface area contributed by atoms with Gasteiger partial charge in [0.25, 0.3) is 0 Å². The zero-order valence-corrected chi connectivity index (χ0v) is 14.4. The Kier molecular flexibility index (Phi) is 7.49. The van der Waals surface area contributed by atoms with Gasteiger partial charge in [-0.2, -0.15) is 0 Å². The third-order valence-electron chi connectivity index (χ3n) is 3.71. The van der Waals surface area contributed by atoms with Crippen LogP contribution in [0.15, 0.2) is 48.5 Å². The molecule has 6 heteroatoms. The highest BCUT2D eigenvalue weighted by atomic mass is 16.5. The van der Waals surface area contributed by atoms with Gasteiger partial charge in [0.2, 0.25) is 0 Å². The van der Waals surface area contributed by atoms with Gasteiger partial charge in [0.1, 0.15) is 11.5 Å². The number of carbonyl (C=O) groups is 2. The number of ether oxygens (including phenoxy) is 2. The summed E-state index contributed by atoms with van der Waals surface area (Å²) in [6.07, 6.45) is 3.19. The van der Waals surface area contributed by atoms with Gasteiger partial charge >= 0.3 is 11.9 Å². The van der Waals surface area contributed by atoms with Crippen molar-refractivity contribution in [3.63, 3.8) is 0 Å². The third-order valence-corrected chi connectivity index (χ3v) is 3.71. The Morgan fingerprint density at radius 1 is 0.615 bits per heavy atom. The molecule has 2 aromatic carbocycles. The number of rotatable bonds is 9. The topological polar surface area (TPSA) is 93.1 Å². The standard InChI is InChI=1S/C20H22O6/c21-17-9-5-15(6-10-17)19(23)25-13-3-1-2-4-14-26-20(24)16-7-11-18(22)12-8-16/h5-12,21-22H,1-4,13-14H2. The Morgan fingerprint density at radius 2 is 0.962 bits per heavy atom. The summed E-state index contributed by atoms with van der Waals surface area (Å²) < 4.78 is 10.3. The summed E-state index contributed by atoms with van der Waals surface area (Å²) in [4.78, 5) is 23.5. The highest BCUT2D eigenvalue weighted by Crippen LogP contribution is 2.12. The summed E-state index contributed by atoms with van der Waals surface area (Å²) in [5.41, 5.74) is 0.813. The van der Waals surface area contributed by atoms with Crippen molar-refractivity contribution in [2.75, 3.05) is 13.2 Å². The monoisotopic (exact) mass is 358 g/mol. The molecule has 0 amide bonds. The van der Waals surface area contributed by atoms with Crippen LogP contribution in [-0.4, -0.2) is 35.4 Å². The van der Waals surface area contributed by atoms with Crippen LogP contribution in [0, 0.1) is 0 Å². The maximum Gasteiger partial charge on any atom is 0.338 e. The fourth-order valence-corrected chi connectivity index (χ4v) is 2.25. The van der Waals surface area contributed by atoms with Crippen LogP contribution in [0.1, 0.15) is 46.4 Å². The van der Waals surface area contributed by atoms with Crippen molar-refractivity contribution in [1.29, 1.82) is 0 Å². The zero-order valence-electron chi connectivity index (χ0n) is 14.4. The lowest BCUT2D eigenvalue weighted by Crippen LogP contribution is -2.07. The molecule has 0 aliphatic rings. The molecule has 0 aromatic heterocycles. The predicted molar refractivity (Wildman–Crippen MR) is 95.2 cm³/mol. The number of hydrogen-bond donors (Lipinski definition) is 2. The van der Waals surface area contributed by atoms with Gasteiger partial charge in [-0.1, -0.05) is 0 Å². The summed E-state index contributed by atoms with van der Waals surface area (Å²) >= 11 is 0. The molecule has 0 saturated heterocycles. The maximum atomic E-state index is 11.7. The van der Waals surface area contributed by atoms with Crippen LogP contribution in [-0.2, 0) is 9.47 Å². The maximum absolute atomic E-state index is 11.7. The molecule has 26 heavy (non-hydrogen) atoms. The Balaban J connectivity index is 1.51. The average Bonchev–Trinajstić information content (AvgIpc) is 2.64. The van der Waals surface area contributed by atoms with Gasteiger partial charge < -0.3 is 19.7 Å². The lowest BCUT2D eigenvalue weighted by molar-refractivity contribution is 0.0473. The summed E-state index contributed by atoms with van der Waals surface area (Å²) in [7, 11) is 0. The molecule has 138 valence electrons. The van der Waals surface area contributed by atoms with Crippen molar-refractivity contribution in [3.8, 4) is 11.5 Å². The molecule has 0 atom stereocenters. The van der Waals surface area contributed by atoms with Gasteiger partial charge in [-0.25, -0.2) is 9.59 Å². The van der Waals surface area contributed by atoms with Gasteiger partial charge in [0.15, 0.2) is 0 Å². The largest absolute Gasteiger partial charge is 0.508 e. The Morgan fingerprint density at radius 3 is 1.31 bits per heavy atom. The third kappa shape index (κ3) is 6.47. The number of phenols is 2. The van der Waals surface area contributed by atoms with E-state index >= 15 is 0 Å². The molecule has 6 nitrogen and oxygen atoms in total. The zero-order chi connectivity index (χ0) is 18.8. The van der Waals surface area contributed by atoms with Crippen molar-refractivity contribution >= 4 is 11.9 Å². The fourth-order valence-electron chi connectivity index (χ4n) is 2.25. The number of phenolic OH excluding ortho intramolecular Hbond substituents is 2. The molecular weight excluding hydrogens is 336 g/mol. The van der Waals surface area contributed by atoms with E-state index in [0.717, 1.165) is 25.7 Å². The molecular formula is C20H22O6. The molecule has 0 heterocycles. The summed E-state index contributed by atoms with van der Waals surface area (Å²) in [5, 5.41) is 18.3. The number of benzene rings is 2. The van der Waals surface area contributed by atoms with Crippen LogP contribution in [0.2, 0.25) is 0 Å². The molecule has 2 aromatic rings. The second-order valence-electron chi connectivity index (χ2n) is 5.78. The van der Waals surface area contributed by atoms with Gasteiger partial charge in [-0.05, 0) is 74.2 Å². The first-order valence-corrected chi connectivity index (χ1v) is 8.48. The molecule has 0 radical (unpaired) electrons. The van der Waals surface area contributed by atoms with Gasteiger partial charge in [-0.15, -0.1) is 0 Å². The first kappa shape index (κ1) is 19.3. The van der Waals surface area contributed by atoms with Crippen molar-refractivity contribution in [3.05, 3.63) is 59.7 Å². The van der Waals surface area contributed by atoms with Crippen LogP contribution in [0.4, 0.5) is 0 Å². The number of carbonyl (C=O) groups excluding carboxylic acids is 2. The normalized spacial score (nSPS) is 10.3. The lowest BCUT2D eigenvalue weighted by Gasteiger charge is -2.06. The Bertz CT molecular complexity index is 643. The highest BCUT2D eigenvalue weighted by molar-refractivity contribution is 5.89. The predicted octanol–water partition coefficient (Wildman–Crippen LogP) is 3.67. The minimum Gasteiger partial charge on any atom is -0.508 e. The van der Waals surface area contributed by atoms with Crippen molar-refractivity contribution in [2.24, 2.45) is 0 Å².